The van der Waals surface area contributed by atoms with Gasteiger partial charge in [-0.1, -0.05) is 24.3 Å². The van der Waals surface area contributed by atoms with Crippen molar-refractivity contribution in [2.45, 2.75) is 12.8 Å². The van der Waals surface area contributed by atoms with E-state index in [1.807, 2.05) is 24.3 Å². The predicted octanol–water partition coefficient (Wildman–Crippen LogP) is 3.80. The molecule has 0 spiro atoms. The van der Waals surface area contributed by atoms with Gasteiger partial charge >= 0.3 is 5.69 Å². The molecule has 0 saturated carbocycles. The maximum Gasteiger partial charge on any atom is 0.310 e. The van der Waals surface area contributed by atoms with Crippen LogP contribution in [-0.2, 0) is 12.8 Å². The molecule has 25 heavy (non-hydrogen) atoms. The number of rotatable bonds is 3. The highest BCUT2D eigenvalue weighted by Crippen LogP contribution is 2.35. The van der Waals surface area contributed by atoms with Crippen LogP contribution in [0.2, 0.25) is 0 Å². The summed E-state index contributed by atoms with van der Waals surface area (Å²) in [7, 11) is 0. The van der Waals surface area contributed by atoms with Crippen molar-refractivity contribution in [2.75, 3.05) is 5.32 Å². The Labute approximate surface area is 142 Å². The van der Waals surface area contributed by atoms with Gasteiger partial charge in [0.25, 0.3) is 5.91 Å². The lowest BCUT2D eigenvalue weighted by molar-refractivity contribution is -0.385. The Morgan fingerprint density at radius 2 is 1.84 bits per heavy atom. The monoisotopic (exact) mass is 334 g/mol. The van der Waals surface area contributed by atoms with Crippen molar-refractivity contribution in [3.05, 3.63) is 75.3 Å². The third-order valence-corrected chi connectivity index (χ3v) is 4.56. The zero-order chi connectivity index (χ0) is 17.6. The third-order valence-electron chi connectivity index (χ3n) is 4.56. The average molecular weight is 334 g/mol. The van der Waals surface area contributed by atoms with Crippen molar-refractivity contribution in [3.63, 3.8) is 0 Å². The zero-order valence-electron chi connectivity index (χ0n) is 13.2. The molecule has 1 amide bonds. The lowest BCUT2D eigenvalue weighted by Crippen LogP contribution is -2.12. The molecule has 0 radical (unpaired) electrons. The normalized spacial score (nSPS) is 12.3. The predicted molar refractivity (Wildman–Crippen MR) is 94.1 cm³/mol. The van der Waals surface area contributed by atoms with Crippen LogP contribution in [0.4, 0.5) is 11.4 Å². The van der Waals surface area contributed by atoms with Crippen LogP contribution in [0.5, 0.6) is 5.75 Å². The van der Waals surface area contributed by atoms with Gasteiger partial charge in [-0.3, -0.25) is 14.9 Å². The van der Waals surface area contributed by atoms with E-state index < -0.39 is 22.3 Å². The third kappa shape index (κ3) is 2.48. The number of hydrogen-bond donors (Lipinski definition) is 2. The summed E-state index contributed by atoms with van der Waals surface area (Å²) in [6.45, 7) is 0. The molecule has 0 fully saturated rings. The van der Waals surface area contributed by atoms with E-state index in [2.05, 4.69) is 11.4 Å². The number of aromatic hydroxyl groups is 1. The number of anilines is 1. The molecule has 0 saturated heterocycles. The van der Waals surface area contributed by atoms with E-state index in [0.29, 0.717) is 5.69 Å². The minimum atomic E-state index is -0.694. The Bertz CT molecular complexity index is 1030. The summed E-state index contributed by atoms with van der Waals surface area (Å²) < 4.78 is 0. The first-order valence-electron chi connectivity index (χ1n) is 7.87. The highest BCUT2D eigenvalue weighted by molar-refractivity contribution is 6.10. The van der Waals surface area contributed by atoms with Crippen LogP contribution in [0.25, 0.3) is 10.8 Å². The minimum absolute atomic E-state index is 0.159. The highest BCUT2D eigenvalue weighted by Gasteiger charge is 2.19. The number of carbonyl (C=O) groups excluding carboxylic acids is 1. The van der Waals surface area contributed by atoms with Gasteiger partial charge in [0.05, 0.1) is 4.92 Å². The molecule has 3 aromatic carbocycles. The number of phenolic OH excluding ortho intramolecular Hbond substituents is 1. The molecular formula is C19H14N2O4. The molecule has 2 N–H and O–H groups in total. The fourth-order valence-corrected chi connectivity index (χ4v) is 3.37. The molecule has 1 aliphatic carbocycles. The molecule has 1 aliphatic rings. The fraction of sp³-hybridized carbons (Fsp3) is 0.105. The van der Waals surface area contributed by atoms with E-state index >= 15 is 0 Å². The number of amides is 1. The Morgan fingerprint density at radius 3 is 2.56 bits per heavy atom. The highest BCUT2D eigenvalue weighted by atomic mass is 16.6. The Hall–Kier alpha value is -3.41. The summed E-state index contributed by atoms with van der Waals surface area (Å²) in [5, 5.41) is 25.5. The summed E-state index contributed by atoms with van der Waals surface area (Å²) in [4.78, 5) is 22.5. The lowest BCUT2D eigenvalue weighted by atomic mass is 10.0. The van der Waals surface area contributed by atoms with E-state index in [1.54, 1.807) is 0 Å². The lowest BCUT2D eigenvalue weighted by Gasteiger charge is -2.11. The number of nitro benzene ring substituents is 1. The summed E-state index contributed by atoms with van der Waals surface area (Å²) >= 11 is 0. The second-order valence-electron chi connectivity index (χ2n) is 6.03. The Balaban J connectivity index is 1.69. The number of carbonyl (C=O) groups is 1. The van der Waals surface area contributed by atoms with E-state index in [4.69, 9.17) is 0 Å². The standard InChI is InChI=1S/C19H14N2O4/c22-17-10-13(7-9-16(17)21(24)25)19(23)20-15-8-6-12-5-4-11-2-1-3-14(15)18(11)12/h1-3,6-10,22H,4-5H2,(H,20,23). The molecule has 0 unspecified atom stereocenters. The maximum atomic E-state index is 12.5. The van der Waals surface area contributed by atoms with Gasteiger partial charge in [0, 0.05) is 22.7 Å². The van der Waals surface area contributed by atoms with Crippen molar-refractivity contribution in [2.24, 2.45) is 0 Å². The summed E-state index contributed by atoms with van der Waals surface area (Å²) in [6.07, 6.45) is 2.00. The molecule has 4 rings (SSSR count). The SMILES string of the molecule is O=C(Nc1ccc2c3c(cccc13)CC2)c1ccc([N+](=O)[O-])c(O)c1. The van der Waals surface area contributed by atoms with Gasteiger partial charge in [0.2, 0.25) is 0 Å². The first-order valence-corrected chi connectivity index (χ1v) is 7.87. The Morgan fingerprint density at radius 1 is 1.08 bits per heavy atom. The molecule has 124 valence electrons. The molecule has 0 bridgehead atoms. The first-order chi connectivity index (χ1) is 12.0. The second kappa shape index (κ2) is 5.59. The van der Waals surface area contributed by atoms with Crippen molar-refractivity contribution in [1.29, 1.82) is 0 Å². The number of nitrogens with zero attached hydrogens (tertiary/aromatic N) is 1. The van der Waals surface area contributed by atoms with Crippen molar-refractivity contribution in [3.8, 4) is 5.75 Å². The quantitative estimate of drug-likeness (QED) is 0.563. The molecule has 3 aromatic rings. The van der Waals surface area contributed by atoms with Gasteiger partial charge in [-0.25, -0.2) is 0 Å². The van der Waals surface area contributed by atoms with Crippen LogP contribution in [0.15, 0.2) is 48.5 Å². The van der Waals surface area contributed by atoms with Gasteiger partial charge in [0.1, 0.15) is 0 Å². The minimum Gasteiger partial charge on any atom is -0.502 e. The number of hydrogen-bond acceptors (Lipinski definition) is 4. The molecule has 0 heterocycles. The van der Waals surface area contributed by atoms with Crippen molar-refractivity contribution < 1.29 is 14.8 Å². The number of phenols is 1. The van der Waals surface area contributed by atoms with E-state index in [9.17, 15) is 20.0 Å². The molecule has 0 aliphatic heterocycles. The van der Waals surface area contributed by atoms with Crippen molar-refractivity contribution in [1.82, 2.24) is 0 Å². The van der Waals surface area contributed by atoms with Crippen LogP contribution in [0.1, 0.15) is 21.5 Å². The van der Waals surface area contributed by atoms with Gasteiger partial charge in [0.15, 0.2) is 5.75 Å². The first kappa shape index (κ1) is 15.1. The van der Waals surface area contributed by atoms with Crippen LogP contribution < -0.4 is 5.32 Å². The largest absolute Gasteiger partial charge is 0.502 e. The number of nitro groups is 1. The molecule has 0 atom stereocenters. The van der Waals surface area contributed by atoms with Gasteiger partial charge < -0.3 is 10.4 Å². The van der Waals surface area contributed by atoms with Gasteiger partial charge in [-0.2, -0.15) is 0 Å². The van der Waals surface area contributed by atoms with Crippen LogP contribution in [-0.4, -0.2) is 15.9 Å². The number of aryl methyl sites for hydroxylation is 2. The topological polar surface area (TPSA) is 92.5 Å². The number of benzene rings is 3. The average Bonchev–Trinajstić information content (AvgIpc) is 3.01. The van der Waals surface area contributed by atoms with Crippen molar-refractivity contribution >= 4 is 28.1 Å². The smallest absolute Gasteiger partial charge is 0.310 e. The molecule has 6 nitrogen and oxygen atoms in total. The maximum absolute atomic E-state index is 12.5. The second-order valence-corrected chi connectivity index (χ2v) is 6.03. The zero-order valence-corrected chi connectivity index (χ0v) is 13.2. The van der Waals surface area contributed by atoms with Gasteiger partial charge in [-0.15, -0.1) is 0 Å². The van der Waals surface area contributed by atoms with E-state index in [0.717, 1.165) is 30.4 Å². The van der Waals surface area contributed by atoms with Gasteiger partial charge in [-0.05, 0) is 47.6 Å². The van der Waals surface area contributed by atoms with Crippen LogP contribution in [0.3, 0.4) is 0 Å². The summed E-state index contributed by atoms with van der Waals surface area (Å²) in [5.41, 5.74) is 2.96. The van der Waals surface area contributed by atoms with E-state index in [1.165, 1.54) is 22.6 Å². The van der Waals surface area contributed by atoms with E-state index in [-0.39, 0.29) is 5.56 Å². The summed E-state index contributed by atoms with van der Waals surface area (Å²) in [5.74, 6) is -0.957. The molecule has 0 aromatic heterocycles. The van der Waals surface area contributed by atoms with Crippen LogP contribution in [0, 0.1) is 10.1 Å². The number of nitrogens with one attached hydrogen (secondary N) is 1. The molecular weight excluding hydrogens is 320 g/mol. The molecule has 6 heteroatoms. The Kier molecular flexibility index (Phi) is 3.39. The van der Waals surface area contributed by atoms with Crippen LogP contribution >= 0.6 is 0 Å². The fourth-order valence-electron chi connectivity index (χ4n) is 3.37. The summed E-state index contributed by atoms with van der Waals surface area (Å²) in [6, 6.07) is 13.5.